The number of hydrogen-bond acceptors (Lipinski definition) is 4. The Balaban J connectivity index is 1.81. The average Bonchev–Trinajstić information content (AvgIpc) is 3.12. The van der Waals surface area contributed by atoms with Gasteiger partial charge in [0.25, 0.3) is 0 Å². The minimum atomic E-state index is -0.173. The lowest BCUT2D eigenvalue weighted by atomic mass is 10.1. The van der Waals surface area contributed by atoms with Gasteiger partial charge in [-0.2, -0.15) is 0 Å². The minimum Gasteiger partial charge on any atom is -0.395 e. The van der Waals surface area contributed by atoms with Crippen molar-refractivity contribution in [2.24, 2.45) is 0 Å². The Morgan fingerprint density at radius 3 is 2.67 bits per heavy atom. The van der Waals surface area contributed by atoms with Crippen molar-refractivity contribution in [1.82, 2.24) is 9.88 Å². The molecule has 0 aliphatic carbocycles. The van der Waals surface area contributed by atoms with Crippen LogP contribution in [0.5, 0.6) is 0 Å². The first-order valence-electron chi connectivity index (χ1n) is 8.52. The van der Waals surface area contributed by atoms with Crippen LogP contribution in [0.1, 0.15) is 24.0 Å². The largest absolute Gasteiger partial charge is 0.395 e. The van der Waals surface area contributed by atoms with Gasteiger partial charge in [0.1, 0.15) is 5.82 Å². The summed E-state index contributed by atoms with van der Waals surface area (Å²) in [5.74, 6) is -0.173. The number of anilines is 1. The Bertz CT molecular complexity index is 644. The smallest absolute Gasteiger partial charge is 0.129 e. The maximum Gasteiger partial charge on any atom is 0.129 e. The summed E-state index contributed by atoms with van der Waals surface area (Å²) in [6.07, 6.45) is 5.87. The number of benzene rings is 1. The van der Waals surface area contributed by atoms with Crippen LogP contribution in [0.3, 0.4) is 0 Å². The van der Waals surface area contributed by atoms with Crippen LogP contribution in [0.4, 0.5) is 10.1 Å². The van der Waals surface area contributed by atoms with Crippen molar-refractivity contribution in [2.75, 3.05) is 31.1 Å². The second-order valence-electron chi connectivity index (χ2n) is 6.23. The molecular weight excluding hydrogens is 305 g/mol. The van der Waals surface area contributed by atoms with Gasteiger partial charge in [-0.15, -0.1) is 0 Å². The molecule has 1 aromatic heterocycles. The Morgan fingerprint density at radius 1 is 1.12 bits per heavy atom. The maximum atomic E-state index is 14.5. The highest BCUT2D eigenvalue weighted by molar-refractivity contribution is 5.54. The fourth-order valence-corrected chi connectivity index (χ4v) is 3.29. The third-order valence-corrected chi connectivity index (χ3v) is 4.47. The summed E-state index contributed by atoms with van der Waals surface area (Å²) in [7, 11) is 0. The van der Waals surface area contributed by atoms with E-state index in [1.807, 2.05) is 24.4 Å². The van der Waals surface area contributed by atoms with Crippen molar-refractivity contribution in [3.05, 3.63) is 59.7 Å². The molecule has 3 rings (SSSR count). The standard InChI is InChI=1S/C19H24FN3O/c20-18-6-3-7-19(23-9-1-2-10-23)17(18)15-22(11-12-24)14-16-5-4-8-21-13-16/h3-8,13,24H,1-2,9-12,14-15H2. The third kappa shape index (κ3) is 4.10. The second kappa shape index (κ2) is 8.22. The fraction of sp³-hybridized carbons (Fsp3) is 0.421. The van der Waals surface area contributed by atoms with E-state index in [1.165, 1.54) is 6.07 Å². The van der Waals surface area contributed by atoms with E-state index in [4.69, 9.17) is 0 Å². The van der Waals surface area contributed by atoms with Crippen LogP contribution in [0.15, 0.2) is 42.7 Å². The van der Waals surface area contributed by atoms with Crippen LogP contribution in [-0.4, -0.2) is 41.2 Å². The maximum absolute atomic E-state index is 14.5. The van der Waals surface area contributed by atoms with Crippen molar-refractivity contribution in [2.45, 2.75) is 25.9 Å². The van der Waals surface area contributed by atoms with Crippen molar-refractivity contribution in [3.8, 4) is 0 Å². The molecule has 1 aromatic carbocycles. The summed E-state index contributed by atoms with van der Waals surface area (Å²) in [5.41, 5.74) is 2.77. The summed E-state index contributed by atoms with van der Waals surface area (Å²) < 4.78 is 14.5. The van der Waals surface area contributed by atoms with Gasteiger partial charge in [0.2, 0.25) is 0 Å². The highest BCUT2D eigenvalue weighted by Crippen LogP contribution is 2.28. The molecule has 2 heterocycles. The van der Waals surface area contributed by atoms with Crippen LogP contribution in [0.2, 0.25) is 0 Å². The minimum absolute atomic E-state index is 0.0494. The molecule has 1 fully saturated rings. The Morgan fingerprint density at radius 2 is 1.96 bits per heavy atom. The molecule has 2 aromatic rings. The molecule has 0 atom stereocenters. The van der Waals surface area contributed by atoms with E-state index in [9.17, 15) is 9.50 Å². The summed E-state index contributed by atoms with van der Waals surface area (Å²) in [6, 6.07) is 9.20. The van der Waals surface area contributed by atoms with Crippen molar-refractivity contribution in [1.29, 1.82) is 0 Å². The van der Waals surface area contributed by atoms with Crippen molar-refractivity contribution < 1.29 is 9.50 Å². The number of aliphatic hydroxyl groups excluding tert-OH is 1. The number of nitrogens with zero attached hydrogens (tertiary/aromatic N) is 3. The van der Waals surface area contributed by atoms with E-state index >= 15 is 0 Å². The van der Waals surface area contributed by atoms with Gasteiger partial charge >= 0.3 is 0 Å². The predicted molar refractivity (Wildman–Crippen MR) is 93.3 cm³/mol. The van der Waals surface area contributed by atoms with E-state index in [1.54, 1.807) is 12.3 Å². The van der Waals surface area contributed by atoms with Gasteiger partial charge in [0.05, 0.1) is 6.61 Å². The van der Waals surface area contributed by atoms with Gasteiger partial charge in [-0.3, -0.25) is 9.88 Å². The number of halogens is 1. The molecule has 0 spiro atoms. The molecule has 0 unspecified atom stereocenters. The molecular formula is C19H24FN3O. The fourth-order valence-electron chi connectivity index (χ4n) is 3.29. The lowest BCUT2D eigenvalue weighted by Gasteiger charge is -2.26. The van der Waals surface area contributed by atoms with Gasteiger partial charge in [-0.05, 0) is 36.6 Å². The van der Waals surface area contributed by atoms with E-state index in [2.05, 4.69) is 14.8 Å². The van der Waals surface area contributed by atoms with Gasteiger partial charge in [-0.1, -0.05) is 12.1 Å². The lowest BCUT2D eigenvalue weighted by molar-refractivity contribution is 0.183. The molecule has 1 saturated heterocycles. The van der Waals surface area contributed by atoms with Crippen LogP contribution in [-0.2, 0) is 13.1 Å². The van der Waals surface area contributed by atoms with E-state index in [0.29, 0.717) is 19.6 Å². The zero-order valence-electron chi connectivity index (χ0n) is 13.9. The van der Waals surface area contributed by atoms with Crippen LogP contribution < -0.4 is 4.90 Å². The van der Waals surface area contributed by atoms with Gasteiger partial charge in [0.15, 0.2) is 0 Å². The molecule has 0 amide bonds. The molecule has 0 bridgehead atoms. The predicted octanol–water partition coefficient (Wildman–Crippen LogP) is 2.82. The summed E-state index contributed by atoms with van der Waals surface area (Å²) in [4.78, 5) is 8.46. The van der Waals surface area contributed by atoms with Gasteiger partial charge in [-0.25, -0.2) is 4.39 Å². The Kier molecular flexibility index (Phi) is 5.77. The zero-order chi connectivity index (χ0) is 16.8. The van der Waals surface area contributed by atoms with Crippen molar-refractivity contribution in [3.63, 3.8) is 0 Å². The molecule has 1 aliphatic rings. The first kappa shape index (κ1) is 16.9. The molecule has 0 radical (unpaired) electrons. The Hall–Kier alpha value is -1.98. The third-order valence-electron chi connectivity index (χ3n) is 4.47. The summed E-state index contributed by atoms with van der Waals surface area (Å²) in [6.45, 7) is 3.64. The van der Waals surface area contributed by atoms with E-state index < -0.39 is 0 Å². The number of pyridine rings is 1. The molecule has 1 aliphatic heterocycles. The van der Waals surface area contributed by atoms with Crippen LogP contribution in [0.25, 0.3) is 0 Å². The van der Waals surface area contributed by atoms with Crippen molar-refractivity contribution >= 4 is 5.69 Å². The summed E-state index contributed by atoms with van der Waals surface area (Å²) in [5, 5.41) is 9.38. The monoisotopic (exact) mass is 329 g/mol. The topological polar surface area (TPSA) is 39.6 Å². The Labute approximate surface area is 142 Å². The number of rotatable bonds is 7. The molecule has 128 valence electrons. The number of aliphatic hydroxyl groups is 1. The average molecular weight is 329 g/mol. The molecule has 1 N–H and O–H groups in total. The molecule has 24 heavy (non-hydrogen) atoms. The highest BCUT2D eigenvalue weighted by atomic mass is 19.1. The van der Waals surface area contributed by atoms with Gasteiger partial charge in [0, 0.05) is 56.4 Å². The quantitative estimate of drug-likeness (QED) is 0.848. The van der Waals surface area contributed by atoms with E-state index in [-0.39, 0.29) is 12.4 Å². The van der Waals surface area contributed by atoms with Gasteiger partial charge < -0.3 is 10.0 Å². The SMILES string of the molecule is OCCN(Cc1cccnc1)Cc1c(F)cccc1N1CCCC1. The first-order chi connectivity index (χ1) is 11.8. The van der Waals surface area contributed by atoms with Crippen LogP contribution >= 0.6 is 0 Å². The number of hydrogen-bond donors (Lipinski definition) is 1. The first-order valence-corrected chi connectivity index (χ1v) is 8.52. The van der Waals surface area contributed by atoms with E-state index in [0.717, 1.165) is 42.7 Å². The number of aromatic nitrogens is 1. The molecule has 4 nitrogen and oxygen atoms in total. The summed E-state index contributed by atoms with van der Waals surface area (Å²) >= 11 is 0. The second-order valence-corrected chi connectivity index (χ2v) is 6.23. The highest BCUT2D eigenvalue weighted by Gasteiger charge is 2.20. The molecule has 0 saturated carbocycles. The van der Waals surface area contributed by atoms with Crippen LogP contribution in [0, 0.1) is 5.82 Å². The lowest BCUT2D eigenvalue weighted by Crippen LogP contribution is -2.28. The zero-order valence-corrected chi connectivity index (χ0v) is 13.9. The molecule has 5 heteroatoms. The normalized spacial score (nSPS) is 14.5.